The molecule has 2 aliphatic rings. The molecular weight excluding hydrogens is 332 g/mol. The van der Waals surface area contributed by atoms with Crippen molar-refractivity contribution in [3.63, 3.8) is 0 Å². The van der Waals surface area contributed by atoms with Gasteiger partial charge in [-0.3, -0.25) is 4.79 Å². The van der Waals surface area contributed by atoms with E-state index in [2.05, 4.69) is 0 Å². The molecule has 0 fully saturated rings. The Morgan fingerprint density at radius 3 is 3.00 bits per heavy atom. The second-order valence-electron chi connectivity index (χ2n) is 5.77. The number of hydrogen-bond acceptors (Lipinski definition) is 4. The average molecular weight is 351 g/mol. The quantitative estimate of drug-likeness (QED) is 0.802. The zero-order valence-electron chi connectivity index (χ0n) is 12.7. The van der Waals surface area contributed by atoms with Gasteiger partial charge >= 0.3 is 0 Å². The van der Waals surface area contributed by atoms with Gasteiger partial charge in [0.15, 0.2) is 0 Å². The van der Waals surface area contributed by atoms with Crippen LogP contribution in [0.4, 0.5) is 11.4 Å². The molecule has 0 aliphatic carbocycles. The molecule has 0 bridgehead atoms. The number of amides is 1. The van der Waals surface area contributed by atoms with Crippen molar-refractivity contribution in [1.82, 2.24) is 0 Å². The molecular formula is C17H19ClN2O2S. The van der Waals surface area contributed by atoms with E-state index < -0.39 is 0 Å². The van der Waals surface area contributed by atoms with Gasteiger partial charge in [0.1, 0.15) is 0 Å². The number of anilines is 2. The summed E-state index contributed by atoms with van der Waals surface area (Å²) in [5, 5.41) is 0. The Morgan fingerprint density at radius 1 is 1.30 bits per heavy atom. The van der Waals surface area contributed by atoms with Gasteiger partial charge in [-0.2, -0.15) is 0 Å². The van der Waals surface area contributed by atoms with Crippen LogP contribution >= 0.6 is 23.7 Å². The van der Waals surface area contributed by atoms with E-state index in [0.717, 1.165) is 54.2 Å². The molecule has 0 atom stereocenters. The molecule has 0 unspecified atom stereocenters. The van der Waals surface area contributed by atoms with Crippen LogP contribution in [0, 0.1) is 0 Å². The number of thiophene rings is 1. The van der Waals surface area contributed by atoms with Crippen LogP contribution in [0.3, 0.4) is 0 Å². The first-order valence-corrected chi connectivity index (χ1v) is 8.44. The van der Waals surface area contributed by atoms with Gasteiger partial charge in [0, 0.05) is 29.2 Å². The Labute approximate surface area is 145 Å². The minimum absolute atomic E-state index is 0. The minimum atomic E-state index is 0. The first-order valence-electron chi connectivity index (χ1n) is 7.62. The van der Waals surface area contributed by atoms with Crippen molar-refractivity contribution in [3.8, 4) is 0 Å². The molecule has 3 heterocycles. The number of carbonyl (C=O) groups excluding carboxylic acids is 1. The van der Waals surface area contributed by atoms with Crippen LogP contribution in [0.15, 0.2) is 24.3 Å². The summed E-state index contributed by atoms with van der Waals surface area (Å²) in [7, 11) is 0. The molecule has 23 heavy (non-hydrogen) atoms. The Kier molecular flexibility index (Phi) is 4.62. The van der Waals surface area contributed by atoms with Crippen LogP contribution in [0.1, 0.15) is 32.1 Å². The minimum Gasteiger partial charge on any atom is -0.398 e. The van der Waals surface area contributed by atoms with E-state index in [4.69, 9.17) is 10.5 Å². The highest BCUT2D eigenvalue weighted by Gasteiger charge is 2.27. The molecule has 0 radical (unpaired) electrons. The van der Waals surface area contributed by atoms with E-state index in [0.29, 0.717) is 6.61 Å². The standard InChI is InChI=1S/C17H18N2O2S.ClH/c18-13-4-1-5-14-12(13)3-2-7-19(14)17(20)16-9-11-10-21-8-6-15(11)22-16;/h1,4-5,9H,2-3,6-8,10,18H2;1H. The lowest BCUT2D eigenvalue weighted by atomic mass is 9.99. The van der Waals surface area contributed by atoms with E-state index in [1.54, 1.807) is 11.3 Å². The topological polar surface area (TPSA) is 55.6 Å². The van der Waals surface area contributed by atoms with Crippen molar-refractivity contribution < 1.29 is 9.53 Å². The number of nitrogens with two attached hydrogens (primary N) is 1. The lowest BCUT2D eigenvalue weighted by Crippen LogP contribution is -2.35. The van der Waals surface area contributed by atoms with Crippen LogP contribution in [0.5, 0.6) is 0 Å². The van der Waals surface area contributed by atoms with Crippen molar-refractivity contribution in [1.29, 1.82) is 0 Å². The molecule has 0 spiro atoms. The predicted molar refractivity (Wildman–Crippen MR) is 95.8 cm³/mol. The van der Waals surface area contributed by atoms with Gasteiger partial charge in [-0.1, -0.05) is 6.07 Å². The van der Waals surface area contributed by atoms with Gasteiger partial charge in [0.25, 0.3) is 5.91 Å². The van der Waals surface area contributed by atoms with Crippen molar-refractivity contribution in [3.05, 3.63) is 45.1 Å². The smallest absolute Gasteiger partial charge is 0.268 e. The Morgan fingerprint density at radius 2 is 2.17 bits per heavy atom. The number of hydrogen-bond donors (Lipinski definition) is 1. The maximum atomic E-state index is 12.9. The highest BCUT2D eigenvalue weighted by atomic mass is 35.5. The van der Waals surface area contributed by atoms with Gasteiger partial charge in [0.05, 0.1) is 18.1 Å². The maximum absolute atomic E-state index is 12.9. The number of nitrogen functional groups attached to an aromatic ring is 1. The fourth-order valence-electron chi connectivity index (χ4n) is 3.25. The van der Waals surface area contributed by atoms with E-state index in [1.165, 1.54) is 10.4 Å². The van der Waals surface area contributed by atoms with Crippen molar-refractivity contribution in [2.45, 2.75) is 25.9 Å². The number of benzene rings is 1. The summed E-state index contributed by atoms with van der Waals surface area (Å²) in [6, 6.07) is 7.84. The summed E-state index contributed by atoms with van der Waals surface area (Å²) in [6.45, 7) is 2.14. The lowest BCUT2D eigenvalue weighted by molar-refractivity contribution is 0.0988. The molecule has 6 heteroatoms. The Balaban J connectivity index is 0.00000156. The molecule has 4 nitrogen and oxygen atoms in total. The number of fused-ring (bicyclic) bond motifs is 2. The van der Waals surface area contributed by atoms with E-state index in [-0.39, 0.29) is 18.3 Å². The monoisotopic (exact) mass is 350 g/mol. The molecule has 2 aromatic rings. The van der Waals surface area contributed by atoms with Gasteiger partial charge in [0.2, 0.25) is 0 Å². The molecule has 1 amide bonds. The number of carbonyl (C=O) groups is 1. The molecule has 2 aliphatic heterocycles. The Hall–Kier alpha value is -1.56. The fourth-order valence-corrected chi connectivity index (χ4v) is 4.35. The zero-order valence-corrected chi connectivity index (χ0v) is 14.3. The largest absolute Gasteiger partial charge is 0.398 e. The van der Waals surface area contributed by atoms with Crippen molar-refractivity contribution >= 4 is 41.0 Å². The first-order chi connectivity index (χ1) is 10.7. The van der Waals surface area contributed by atoms with Gasteiger partial charge in [-0.05, 0) is 42.2 Å². The highest BCUT2D eigenvalue weighted by molar-refractivity contribution is 7.14. The van der Waals surface area contributed by atoms with Crippen LogP contribution in [0.25, 0.3) is 0 Å². The van der Waals surface area contributed by atoms with Crippen molar-refractivity contribution in [2.75, 3.05) is 23.8 Å². The summed E-state index contributed by atoms with van der Waals surface area (Å²) in [4.78, 5) is 16.9. The summed E-state index contributed by atoms with van der Waals surface area (Å²) in [5.41, 5.74) is 10.1. The zero-order chi connectivity index (χ0) is 15.1. The van der Waals surface area contributed by atoms with Gasteiger partial charge in [-0.25, -0.2) is 0 Å². The molecule has 4 rings (SSSR count). The number of nitrogens with zero attached hydrogens (tertiary/aromatic N) is 1. The second kappa shape index (κ2) is 6.51. The lowest BCUT2D eigenvalue weighted by Gasteiger charge is -2.30. The summed E-state index contributed by atoms with van der Waals surface area (Å²) < 4.78 is 5.47. The first kappa shape index (κ1) is 16.3. The third kappa shape index (κ3) is 2.84. The maximum Gasteiger partial charge on any atom is 0.268 e. The third-order valence-corrected chi connectivity index (χ3v) is 5.60. The van der Waals surface area contributed by atoms with Crippen LogP contribution < -0.4 is 10.6 Å². The van der Waals surface area contributed by atoms with Crippen molar-refractivity contribution in [2.24, 2.45) is 0 Å². The molecule has 1 aromatic carbocycles. The average Bonchev–Trinajstić information content (AvgIpc) is 2.98. The molecule has 2 N–H and O–H groups in total. The second-order valence-corrected chi connectivity index (χ2v) is 6.90. The van der Waals surface area contributed by atoms with Crippen LogP contribution in [-0.4, -0.2) is 19.1 Å². The van der Waals surface area contributed by atoms with Crippen LogP contribution in [-0.2, 0) is 24.2 Å². The van der Waals surface area contributed by atoms with Gasteiger partial charge < -0.3 is 15.4 Å². The summed E-state index contributed by atoms with van der Waals surface area (Å²) in [6.07, 6.45) is 2.82. The highest BCUT2D eigenvalue weighted by Crippen LogP contribution is 2.34. The number of rotatable bonds is 1. The third-order valence-electron chi connectivity index (χ3n) is 4.37. The number of halogens is 1. The number of ether oxygens (including phenoxy) is 1. The molecule has 0 saturated carbocycles. The van der Waals surface area contributed by atoms with Crippen LogP contribution in [0.2, 0.25) is 0 Å². The van der Waals surface area contributed by atoms with E-state index >= 15 is 0 Å². The van der Waals surface area contributed by atoms with Gasteiger partial charge in [-0.15, -0.1) is 23.7 Å². The molecule has 1 aromatic heterocycles. The SMILES string of the molecule is Cl.Nc1cccc2c1CCCN2C(=O)c1cc2c(s1)CCOC2. The predicted octanol–water partition coefficient (Wildman–Crippen LogP) is 3.42. The van der Waals surface area contributed by atoms with E-state index in [9.17, 15) is 4.79 Å². The fraction of sp³-hybridized carbons (Fsp3) is 0.353. The summed E-state index contributed by atoms with van der Waals surface area (Å²) in [5.74, 6) is 0.0888. The molecule has 122 valence electrons. The normalized spacial score (nSPS) is 16.3. The van der Waals surface area contributed by atoms with E-state index in [1.807, 2.05) is 29.2 Å². The Bertz CT molecular complexity index is 721. The molecule has 0 saturated heterocycles. The summed E-state index contributed by atoms with van der Waals surface area (Å²) >= 11 is 1.61.